The lowest BCUT2D eigenvalue weighted by molar-refractivity contribution is -0.145. The zero-order chi connectivity index (χ0) is 18.5. The van der Waals surface area contributed by atoms with E-state index < -0.39 is 12.0 Å². The number of ketones is 1. The van der Waals surface area contributed by atoms with Gasteiger partial charge in [-0.25, -0.2) is 4.79 Å². The van der Waals surface area contributed by atoms with Crippen molar-refractivity contribution in [2.45, 2.75) is 25.3 Å². The Balaban J connectivity index is 1.69. The van der Waals surface area contributed by atoms with E-state index in [4.69, 9.17) is 4.74 Å². The standard InChI is InChI=1S/C21H21NO4/c1-26-21(25)18(22-20(24)17-11-12-17)13-14-7-9-16(10-8-14)19(23)15-5-3-2-4-6-15/h2-10,17-18H,11-13H2,1H3,(H,22,24)/t18-/m0/s1. The Bertz CT molecular complexity index is 795. The highest BCUT2D eigenvalue weighted by Gasteiger charge is 2.33. The first kappa shape index (κ1) is 17.9. The Labute approximate surface area is 152 Å². The molecule has 5 nitrogen and oxygen atoms in total. The molecule has 0 spiro atoms. The number of ether oxygens (including phenoxy) is 1. The Morgan fingerprint density at radius 2 is 1.62 bits per heavy atom. The lowest BCUT2D eigenvalue weighted by atomic mass is 9.99. The number of hydrogen-bond donors (Lipinski definition) is 1. The maximum atomic E-state index is 12.4. The molecule has 1 amide bonds. The molecule has 1 aliphatic carbocycles. The number of carbonyl (C=O) groups is 3. The second-order valence-electron chi connectivity index (χ2n) is 6.45. The van der Waals surface area contributed by atoms with E-state index in [-0.39, 0.29) is 17.6 Å². The van der Waals surface area contributed by atoms with Crippen molar-refractivity contribution in [2.24, 2.45) is 5.92 Å². The maximum Gasteiger partial charge on any atom is 0.328 e. The van der Waals surface area contributed by atoms with Crippen LogP contribution in [0.1, 0.15) is 34.3 Å². The van der Waals surface area contributed by atoms with Crippen molar-refractivity contribution in [3.63, 3.8) is 0 Å². The summed E-state index contributed by atoms with van der Waals surface area (Å²) in [6, 6.07) is 15.4. The quantitative estimate of drug-likeness (QED) is 0.615. The predicted octanol–water partition coefficient (Wildman–Crippen LogP) is 2.53. The van der Waals surface area contributed by atoms with E-state index in [0.717, 1.165) is 18.4 Å². The summed E-state index contributed by atoms with van der Waals surface area (Å²) in [5.74, 6) is -0.601. The molecule has 0 heterocycles. The maximum absolute atomic E-state index is 12.4. The van der Waals surface area contributed by atoms with Gasteiger partial charge in [-0.1, -0.05) is 54.6 Å². The van der Waals surface area contributed by atoms with Gasteiger partial charge in [0.2, 0.25) is 5.91 Å². The molecule has 0 unspecified atom stereocenters. The molecule has 1 aliphatic rings. The Morgan fingerprint density at radius 1 is 1.00 bits per heavy atom. The van der Waals surface area contributed by atoms with Gasteiger partial charge < -0.3 is 10.1 Å². The molecule has 1 N–H and O–H groups in total. The molecule has 5 heteroatoms. The number of rotatable bonds is 7. The topological polar surface area (TPSA) is 72.5 Å². The number of hydrogen-bond acceptors (Lipinski definition) is 4. The van der Waals surface area contributed by atoms with Crippen LogP contribution in [0.25, 0.3) is 0 Å². The number of amides is 1. The second kappa shape index (κ2) is 7.95. The van der Waals surface area contributed by atoms with Gasteiger partial charge in [0.25, 0.3) is 0 Å². The lowest BCUT2D eigenvalue weighted by Gasteiger charge is -2.16. The molecule has 0 saturated heterocycles. The summed E-state index contributed by atoms with van der Waals surface area (Å²) >= 11 is 0. The Hall–Kier alpha value is -2.95. The summed E-state index contributed by atoms with van der Waals surface area (Å²) in [5.41, 5.74) is 2.06. The van der Waals surface area contributed by atoms with Crippen LogP contribution in [0.3, 0.4) is 0 Å². The molecule has 1 atom stereocenters. The van der Waals surface area contributed by atoms with Crippen LogP contribution in [0.15, 0.2) is 54.6 Å². The molecule has 0 radical (unpaired) electrons. The molecule has 26 heavy (non-hydrogen) atoms. The minimum atomic E-state index is -0.719. The summed E-state index contributed by atoms with van der Waals surface area (Å²) in [5, 5.41) is 2.76. The number of methoxy groups -OCH3 is 1. The summed E-state index contributed by atoms with van der Waals surface area (Å²) in [4.78, 5) is 36.4. The van der Waals surface area contributed by atoms with Crippen molar-refractivity contribution in [1.82, 2.24) is 5.32 Å². The SMILES string of the molecule is COC(=O)[C@H](Cc1ccc(C(=O)c2ccccc2)cc1)NC(=O)C1CC1. The first-order valence-electron chi connectivity index (χ1n) is 8.65. The van der Waals surface area contributed by atoms with Gasteiger partial charge in [-0.2, -0.15) is 0 Å². The van der Waals surface area contributed by atoms with Gasteiger partial charge in [0.05, 0.1) is 7.11 Å². The van der Waals surface area contributed by atoms with Crippen molar-refractivity contribution in [3.05, 3.63) is 71.3 Å². The third-order valence-corrected chi connectivity index (χ3v) is 4.44. The molecule has 2 aromatic rings. The fourth-order valence-electron chi connectivity index (χ4n) is 2.75. The fraction of sp³-hybridized carbons (Fsp3) is 0.286. The summed E-state index contributed by atoms with van der Waals surface area (Å²) in [7, 11) is 1.31. The van der Waals surface area contributed by atoms with Gasteiger partial charge in [0.15, 0.2) is 5.78 Å². The van der Waals surface area contributed by atoms with Crippen LogP contribution in [0.4, 0.5) is 0 Å². The summed E-state index contributed by atoms with van der Waals surface area (Å²) in [6.07, 6.45) is 2.07. The largest absolute Gasteiger partial charge is 0.467 e. The normalized spacial score (nSPS) is 14.3. The van der Waals surface area contributed by atoms with Crippen LogP contribution in [-0.2, 0) is 20.7 Å². The summed E-state index contributed by atoms with van der Waals surface area (Å²) < 4.78 is 4.80. The average Bonchev–Trinajstić information content (AvgIpc) is 3.53. The second-order valence-corrected chi connectivity index (χ2v) is 6.45. The van der Waals surface area contributed by atoms with Crippen LogP contribution in [0, 0.1) is 5.92 Å². The van der Waals surface area contributed by atoms with Gasteiger partial charge >= 0.3 is 5.97 Å². The third kappa shape index (κ3) is 4.36. The molecule has 1 saturated carbocycles. The molecule has 1 fully saturated rings. The van der Waals surface area contributed by atoms with Gasteiger partial charge in [-0.05, 0) is 18.4 Å². The molecular formula is C21H21NO4. The van der Waals surface area contributed by atoms with E-state index in [1.165, 1.54) is 7.11 Å². The molecule has 3 rings (SSSR count). The smallest absolute Gasteiger partial charge is 0.328 e. The summed E-state index contributed by atoms with van der Waals surface area (Å²) in [6.45, 7) is 0. The zero-order valence-corrected chi connectivity index (χ0v) is 14.6. The highest BCUT2D eigenvalue weighted by atomic mass is 16.5. The van der Waals surface area contributed by atoms with E-state index in [0.29, 0.717) is 17.5 Å². The van der Waals surface area contributed by atoms with E-state index in [2.05, 4.69) is 5.32 Å². The number of nitrogens with one attached hydrogen (secondary N) is 1. The third-order valence-electron chi connectivity index (χ3n) is 4.44. The molecule has 0 aromatic heterocycles. The van der Waals surface area contributed by atoms with E-state index in [1.807, 2.05) is 18.2 Å². The first-order valence-corrected chi connectivity index (χ1v) is 8.65. The van der Waals surface area contributed by atoms with Crippen molar-refractivity contribution in [1.29, 1.82) is 0 Å². The fourth-order valence-corrected chi connectivity index (χ4v) is 2.75. The van der Waals surface area contributed by atoms with Gasteiger partial charge in [0, 0.05) is 23.5 Å². The van der Waals surface area contributed by atoms with Crippen molar-refractivity contribution in [2.75, 3.05) is 7.11 Å². The van der Waals surface area contributed by atoms with Crippen molar-refractivity contribution >= 4 is 17.7 Å². The number of esters is 1. The molecule has 134 valence electrons. The lowest BCUT2D eigenvalue weighted by Crippen LogP contribution is -2.43. The molecule has 2 aromatic carbocycles. The number of benzene rings is 2. The highest BCUT2D eigenvalue weighted by molar-refractivity contribution is 6.08. The minimum Gasteiger partial charge on any atom is -0.467 e. The van der Waals surface area contributed by atoms with Gasteiger partial charge in [-0.3, -0.25) is 9.59 Å². The van der Waals surface area contributed by atoms with E-state index >= 15 is 0 Å². The van der Waals surface area contributed by atoms with Crippen LogP contribution >= 0.6 is 0 Å². The minimum absolute atomic E-state index is 0.0213. The Kier molecular flexibility index (Phi) is 5.46. The van der Waals surface area contributed by atoms with E-state index in [9.17, 15) is 14.4 Å². The van der Waals surface area contributed by atoms with Crippen molar-refractivity contribution < 1.29 is 19.1 Å². The van der Waals surface area contributed by atoms with Crippen LogP contribution in [0.2, 0.25) is 0 Å². The molecule has 0 bridgehead atoms. The monoisotopic (exact) mass is 351 g/mol. The van der Waals surface area contributed by atoms with Crippen LogP contribution in [0.5, 0.6) is 0 Å². The first-order chi connectivity index (χ1) is 12.6. The zero-order valence-electron chi connectivity index (χ0n) is 14.6. The van der Waals surface area contributed by atoms with Crippen LogP contribution < -0.4 is 5.32 Å². The predicted molar refractivity (Wildman–Crippen MR) is 96.7 cm³/mol. The van der Waals surface area contributed by atoms with Crippen molar-refractivity contribution in [3.8, 4) is 0 Å². The molecule has 0 aliphatic heterocycles. The van der Waals surface area contributed by atoms with E-state index in [1.54, 1.807) is 36.4 Å². The number of carbonyl (C=O) groups excluding carboxylic acids is 3. The molecular weight excluding hydrogens is 330 g/mol. The average molecular weight is 351 g/mol. The Morgan fingerprint density at radius 3 is 2.19 bits per heavy atom. The highest BCUT2D eigenvalue weighted by Crippen LogP contribution is 2.29. The van der Waals surface area contributed by atoms with Crippen LogP contribution in [-0.4, -0.2) is 30.8 Å². The van der Waals surface area contributed by atoms with Gasteiger partial charge in [0.1, 0.15) is 6.04 Å². The van der Waals surface area contributed by atoms with Gasteiger partial charge in [-0.15, -0.1) is 0 Å².